The highest BCUT2D eigenvalue weighted by atomic mass is 79.9. The molecular weight excluding hydrogens is 372 g/mol. The Balaban J connectivity index is 2.29. The monoisotopic (exact) mass is 386 g/mol. The van der Waals surface area contributed by atoms with Gasteiger partial charge in [0.25, 0.3) is 0 Å². The van der Waals surface area contributed by atoms with Crippen molar-refractivity contribution in [2.24, 2.45) is 0 Å². The molecule has 0 saturated heterocycles. The van der Waals surface area contributed by atoms with Crippen molar-refractivity contribution in [2.75, 3.05) is 14.2 Å². The summed E-state index contributed by atoms with van der Waals surface area (Å²) < 4.78 is 38.1. The van der Waals surface area contributed by atoms with Gasteiger partial charge in [-0.05, 0) is 33.6 Å². The molecule has 2 aromatic rings. The summed E-state index contributed by atoms with van der Waals surface area (Å²) in [6.45, 7) is 0.150. The normalized spacial score (nSPS) is 11.2. The zero-order chi connectivity index (χ0) is 16.2. The first-order chi connectivity index (χ1) is 10.5. The Morgan fingerprint density at radius 2 is 1.91 bits per heavy atom. The molecule has 1 aromatic carbocycles. The third-order valence-electron chi connectivity index (χ3n) is 2.92. The molecule has 8 heteroatoms. The molecule has 0 unspecified atom stereocenters. The molecule has 2 rings (SSSR count). The van der Waals surface area contributed by atoms with Crippen LogP contribution in [-0.2, 0) is 16.6 Å². The van der Waals surface area contributed by atoms with Crippen molar-refractivity contribution in [1.82, 2.24) is 9.71 Å². The first-order valence-electron chi connectivity index (χ1n) is 6.28. The van der Waals surface area contributed by atoms with Crippen LogP contribution in [0.25, 0.3) is 0 Å². The molecule has 0 atom stereocenters. The van der Waals surface area contributed by atoms with Crippen LogP contribution >= 0.6 is 15.9 Å². The second-order valence-electron chi connectivity index (χ2n) is 4.32. The molecule has 0 amide bonds. The van der Waals surface area contributed by atoms with Gasteiger partial charge in [-0.15, -0.1) is 0 Å². The Kier molecular flexibility index (Phi) is 5.38. The van der Waals surface area contributed by atoms with E-state index in [-0.39, 0.29) is 11.4 Å². The third kappa shape index (κ3) is 3.76. The lowest BCUT2D eigenvalue weighted by Crippen LogP contribution is -2.23. The number of sulfonamides is 1. The second-order valence-corrected chi connectivity index (χ2v) is 6.91. The van der Waals surface area contributed by atoms with Crippen molar-refractivity contribution in [3.63, 3.8) is 0 Å². The summed E-state index contributed by atoms with van der Waals surface area (Å²) in [6.07, 6.45) is 3.23. The summed E-state index contributed by atoms with van der Waals surface area (Å²) in [7, 11) is -0.772. The molecular formula is C14H15BrN2O4S. The number of methoxy groups -OCH3 is 2. The van der Waals surface area contributed by atoms with Gasteiger partial charge in [-0.3, -0.25) is 4.98 Å². The maximum absolute atomic E-state index is 12.4. The van der Waals surface area contributed by atoms with Crippen LogP contribution in [0, 0.1) is 0 Å². The quantitative estimate of drug-likeness (QED) is 0.824. The van der Waals surface area contributed by atoms with E-state index >= 15 is 0 Å². The Bertz CT molecular complexity index is 751. The summed E-state index contributed by atoms with van der Waals surface area (Å²) in [5.41, 5.74) is 0.766. The van der Waals surface area contributed by atoms with E-state index in [1.54, 1.807) is 30.6 Å². The summed E-state index contributed by atoms with van der Waals surface area (Å²) in [4.78, 5) is 4.02. The highest BCUT2D eigenvalue weighted by molar-refractivity contribution is 9.10. The van der Waals surface area contributed by atoms with E-state index in [1.165, 1.54) is 20.3 Å². The van der Waals surface area contributed by atoms with Crippen LogP contribution in [0.4, 0.5) is 0 Å². The van der Waals surface area contributed by atoms with Gasteiger partial charge in [0.1, 0.15) is 4.90 Å². The number of hydrogen-bond acceptors (Lipinski definition) is 5. The molecule has 0 aliphatic carbocycles. The molecule has 0 spiro atoms. The Morgan fingerprint density at radius 3 is 2.50 bits per heavy atom. The number of nitrogens with one attached hydrogen (secondary N) is 1. The van der Waals surface area contributed by atoms with Crippen LogP contribution in [0.2, 0.25) is 0 Å². The molecule has 22 heavy (non-hydrogen) atoms. The topological polar surface area (TPSA) is 77.5 Å². The van der Waals surface area contributed by atoms with Crippen molar-refractivity contribution in [2.45, 2.75) is 11.4 Å². The van der Waals surface area contributed by atoms with Gasteiger partial charge in [0.15, 0.2) is 11.5 Å². The highest BCUT2D eigenvalue weighted by Gasteiger charge is 2.21. The molecule has 0 bridgehead atoms. The van der Waals surface area contributed by atoms with Crippen LogP contribution in [-0.4, -0.2) is 27.6 Å². The Hall–Kier alpha value is -1.64. The maximum Gasteiger partial charge on any atom is 0.242 e. The van der Waals surface area contributed by atoms with Crippen LogP contribution in [0.5, 0.6) is 11.5 Å². The van der Waals surface area contributed by atoms with E-state index < -0.39 is 10.0 Å². The molecule has 0 fully saturated rings. The lowest BCUT2D eigenvalue weighted by molar-refractivity contribution is 0.353. The van der Waals surface area contributed by atoms with Crippen LogP contribution in [0.3, 0.4) is 0 Å². The average molecular weight is 387 g/mol. The summed E-state index contributed by atoms with van der Waals surface area (Å²) in [6, 6.07) is 6.50. The first-order valence-corrected chi connectivity index (χ1v) is 8.55. The minimum absolute atomic E-state index is 0.0778. The molecule has 0 aliphatic heterocycles. The minimum atomic E-state index is -3.71. The van der Waals surface area contributed by atoms with Gasteiger partial charge in [-0.2, -0.15) is 0 Å². The van der Waals surface area contributed by atoms with E-state index in [0.717, 1.165) is 5.56 Å². The fourth-order valence-corrected chi connectivity index (χ4v) is 3.85. The number of rotatable bonds is 6. The molecule has 118 valence electrons. The molecule has 6 nitrogen and oxygen atoms in total. The predicted octanol–water partition coefficient (Wildman–Crippen LogP) is 2.34. The Labute approximate surface area is 137 Å². The zero-order valence-corrected chi connectivity index (χ0v) is 14.4. The third-order valence-corrected chi connectivity index (χ3v) is 5.28. The molecule has 0 aliphatic rings. The average Bonchev–Trinajstić information content (AvgIpc) is 2.53. The SMILES string of the molecule is COc1cc(Br)c(S(=O)(=O)NCc2cccnc2)cc1OC. The summed E-state index contributed by atoms with van der Waals surface area (Å²) in [5.74, 6) is 0.785. The number of pyridine rings is 1. The van der Waals surface area contributed by atoms with Gasteiger partial charge in [-0.1, -0.05) is 6.07 Å². The second kappa shape index (κ2) is 7.08. The van der Waals surface area contributed by atoms with E-state index in [2.05, 4.69) is 25.6 Å². The van der Waals surface area contributed by atoms with Gasteiger partial charge < -0.3 is 9.47 Å². The van der Waals surface area contributed by atoms with Crippen LogP contribution in [0.1, 0.15) is 5.56 Å². The van der Waals surface area contributed by atoms with Crippen molar-refractivity contribution in [3.8, 4) is 11.5 Å². The molecule has 0 saturated carbocycles. The number of ether oxygens (including phenoxy) is 2. The van der Waals surface area contributed by atoms with Crippen molar-refractivity contribution in [3.05, 3.63) is 46.7 Å². The number of hydrogen-bond donors (Lipinski definition) is 1. The zero-order valence-electron chi connectivity index (χ0n) is 12.0. The lowest BCUT2D eigenvalue weighted by Gasteiger charge is -2.13. The van der Waals surface area contributed by atoms with Gasteiger partial charge in [-0.25, -0.2) is 13.1 Å². The highest BCUT2D eigenvalue weighted by Crippen LogP contribution is 2.35. The van der Waals surface area contributed by atoms with Crippen molar-refractivity contribution >= 4 is 26.0 Å². The van der Waals surface area contributed by atoms with E-state index in [9.17, 15) is 8.42 Å². The molecule has 0 radical (unpaired) electrons. The van der Waals surface area contributed by atoms with Crippen molar-refractivity contribution < 1.29 is 17.9 Å². The van der Waals surface area contributed by atoms with Crippen LogP contribution < -0.4 is 14.2 Å². The number of halogens is 1. The van der Waals surface area contributed by atoms with E-state index in [4.69, 9.17) is 9.47 Å². The Morgan fingerprint density at radius 1 is 1.23 bits per heavy atom. The van der Waals surface area contributed by atoms with Gasteiger partial charge in [0.2, 0.25) is 10.0 Å². The number of nitrogens with zero attached hydrogens (tertiary/aromatic N) is 1. The van der Waals surface area contributed by atoms with E-state index in [0.29, 0.717) is 16.0 Å². The largest absolute Gasteiger partial charge is 0.493 e. The molecule has 1 heterocycles. The van der Waals surface area contributed by atoms with Gasteiger partial charge >= 0.3 is 0 Å². The molecule has 1 N–H and O–H groups in total. The predicted molar refractivity (Wildman–Crippen MR) is 85.5 cm³/mol. The fourth-order valence-electron chi connectivity index (χ4n) is 1.80. The van der Waals surface area contributed by atoms with E-state index in [1.807, 2.05) is 0 Å². The standard InChI is InChI=1S/C14H15BrN2O4S/c1-20-12-6-11(15)14(7-13(12)21-2)22(18,19)17-9-10-4-3-5-16-8-10/h3-8,17H,9H2,1-2H3. The van der Waals surface area contributed by atoms with Crippen molar-refractivity contribution in [1.29, 1.82) is 0 Å². The summed E-state index contributed by atoms with van der Waals surface area (Å²) in [5, 5.41) is 0. The number of aromatic nitrogens is 1. The fraction of sp³-hybridized carbons (Fsp3) is 0.214. The lowest BCUT2D eigenvalue weighted by atomic mass is 10.3. The van der Waals surface area contributed by atoms with Gasteiger partial charge in [0, 0.05) is 29.5 Å². The maximum atomic E-state index is 12.4. The smallest absolute Gasteiger partial charge is 0.242 e. The molecule has 1 aromatic heterocycles. The number of benzene rings is 1. The van der Waals surface area contributed by atoms with Gasteiger partial charge in [0.05, 0.1) is 14.2 Å². The van der Waals surface area contributed by atoms with Crippen LogP contribution in [0.15, 0.2) is 46.0 Å². The summed E-state index contributed by atoms with van der Waals surface area (Å²) >= 11 is 3.25. The minimum Gasteiger partial charge on any atom is -0.493 e. The first kappa shape index (κ1) is 16.7.